The quantitative estimate of drug-likeness (QED) is 0.412. The molecule has 0 aliphatic carbocycles. The molecule has 1 amide bonds. The number of benzene rings is 2. The van der Waals surface area contributed by atoms with Crippen LogP contribution in [0.5, 0.6) is 0 Å². The minimum Gasteiger partial charge on any atom is -0.448 e. The van der Waals surface area contributed by atoms with Gasteiger partial charge in [0.1, 0.15) is 11.6 Å². The summed E-state index contributed by atoms with van der Waals surface area (Å²) in [5.41, 5.74) is 1.72. The highest BCUT2D eigenvalue weighted by molar-refractivity contribution is 6.35. The lowest BCUT2D eigenvalue weighted by molar-refractivity contribution is -0.148. The van der Waals surface area contributed by atoms with Crippen molar-refractivity contribution in [3.05, 3.63) is 63.6 Å². The van der Waals surface area contributed by atoms with Crippen molar-refractivity contribution < 1.29 is 14.3 Å². The summed E-state index contributed by atoms with van der Waals surface area (Å²) in [6.45, 7) is 1.40. The van der Waals surface area contributed by atoms with Crippen LogP contribution in [0.2, 0.25) is 10.0 Å². The van der Waals surface area contributed by atoms with Crippen LogP contribution in [0.15, 0.2) is 48.0 Å². The number of nitriles is 1. The number of amides is 1. The predicted octanol–water partition coefficient (Wildman–Crippen LogP) is 4.54. The number of carbonyl (C=O) groups is 2. The summed E-state index contributed by atoms with van der Waals surface area (Å²) in [6.07, 6.45) is 0.255. The van der Waals surface area contributed by atoms with E-state index >= 15 is 0 Å². The number of hydrogen-bond donors (Lipinski definition) is 1. The monoisotopic (exact) mass is 431 g/mol. The zero-order valence-corrected chi connectivity index (χ0v) is 17.6. The molecule has 0 bridgehead atoms. The molecule has 1 unspecified atom stereocenters. The Hall–Kier alpha value is -3.01. The van der Waals surface area contributed by atoms with Gasteiger partial charge in [-0.15, -0.1) is 0 Å². The molecule has 0 radical (unpaired) electrons. The molecule has 150 valence electrons. The maximum Gasteiger partial charge on any atom is 0.349 e. The lowest BCUT2D eigenvalue weighted by atomic mass is 10.1. The van der Waals surface area contributed by atoms with E-state index in [1.165, 1.54) is 25.1 Å². The lowest BCUT2D eigenvalue weighted by Crippen LogP contribution is -2.30. The van der Waals surface area contributed by atoms with E-state index < -0.39 is 18.0 Å². The van der Waals surface area contributed by atoms with Gasteiger partial charge in [-0.25, -0.2) is 4.79 Å². The molecule has 0 spiro atoms. The van der Waals surface area contributed by atoms with Gasteiger partial charge in [0.25, 0.3) is 5.91 Å². The summed E-state index contributed by atoms with van der Waals surface area (Å²) in [5, 5.41) is 12.5. The summed E-state index contributed by atoms with van der Waals surface area (Å²) in [6, 6.07) is 13.7. The second-order valence-corrected chi connectivity index (χ2v) is 7.16. The fourth-order valence-electron chi connectivity index (χ4n) is 2.28. The van der Waals surface area contributed by atoms with Crippen molar-refractivity contribution in [1.82, 2.24) is 0 Å². The Labute approximate surface area is 179 Å². The zero-order chi connectivity index (χ0) is 21.6. The molecule has 0 aliphatic rings. The maximum absolute atomic E-state index is 12.3. The molecule has 2 aromatic rings. The van der Waals surface area contributed by atoms with Gasteiger partial charge in [0, 0.05) is 24.8 Å². The van der Waals surface area contributed by atoms with Crippen molar-refractivity contribution in [2.45, 2.75) is 13.0 Å². The van der Waals surface area contributed by atoms with Crippen LogP contribution in [0, 0.1) is 11.3 Å². The van der Waals surface area contributed by atoms with Gasteiger partial charge in [0.05, 0.1) is 10.7 Å². The van der Waals surface area contributed by atoms with Crippen molar-refractivity contribution in [2.24, 2.45) is 0 Å². The third kappa shape index (κ3) is 6.24. The van der Waals surface area contributed by atoms with Crippen LogP contribution in [0.4, 0.5) is 11.4 Å². The standard InChI is InChI=1S/C21H19Cl2N3O3/c1-13(20(27)25-19-11-16(22)6-9-18(19)23)29-21(28)15(12-24)10-14-4-7-17(8-5-14)26(2)3/h4-11,13H,1-3H3,(H,25,27)/b15-10+. The SMILES string of the molecule is CC(OC(=O)/C(C#N)=C/c1ccc(N(C)C)cc1)C(=O)Nc1cc(Cl)ccc1Cl. The van der Waals surface area contributed by atoms with Gasteiger partial charge in [-0.3, -0.25) is 4.79 Å². The average Bonchev–Trinajstić information content (AvgIpc) is 2.68. The molecule has 2 rings (SSSR count). The summed E-state index contributed by atoms with van der Waals surface area (Å²) >= 11 is 11.9. The number of ether oxygens (including phenoxy) is 1. The minimum absolute atomic E-state index is 0.219. The van der Waals surface area contributed by atoms with Crippen LogP contribution in [0.1, 0.15) is 12.5 Å². The van der Waals surface area contributed by atoms with E-state index in [0.29, 0.717) is 21.3 Å². The molecule has 0 aromatic heterocycles. The first kappa shape index (κ1) is 22.3. The van der Waals surface area contributed by atoms with Crippen LogP contribution >= 0.6 is 23.2 Å². The van der Waals surface area contributed by atoms with Gasteiger partial charge < -0.3 is 15.0 Å². The average molecular weight is 432 g/mol. The molecule has 0 fully saturated rings. The van der Waals surface area contributed by atoms with E-state index in [2.05, 4.69) is 5.32 Å². The predicted molar refractivity (Wildman–Crippen MR) is 115 cm³/mol. The van der Waals surface area contributed by atoms with E-state index in [9.17, 15) is 14.9 Å². The van der Waals surface area contributed by atoms with E-state index in [-0.39, 0.29) is 5.57 Å². The third-order valence-corrected chi connectivity index (χ3v) is 4.46. The van der Waals surface area contributed by atoms with Crippen molar-refractivity contribution in [2.75, 3.05) is 24.3 Å². The number of nitrogens with one attached hydrogen (secondary N) is 1. The Bertz CT molecular complexity index is 980. The van der Waals surface area contributed by atoms with Gasteiger partial charge in [-0.1, -0.05) is 35.3 Å². The molecule has 1 N–H and O–H groups in total. The highest BCUT2D eigenvalue weighted by atomic mass is 35.5. The molecular formula is C21H19Cl2N3O3. The Morgan fingerprint density at radius 2 is 1.83 bits per heavy atom. The molecule has 6 nitrogen and oxygen atoms in total. The van der Waals surface area contributed by atoms with E-state index in [0.717, 1.165) is 5.69 Å². The van der Waals surface area contributed by atoms with Crippen molar-refractivity contribution in [3.8, 4) is 6.07 Å². The van der Waals surface area contributed by atoms with Crippen LogP contribution < -0.4 is 10.2 Å². The van der Waals surface area contributed by atoms with E-state index in [1.54, 1.807) is 24.3 Å². The fourth-order valence-corrected chi connectivity index (χ4v) is 2.61. The number of hydrogen-bond acceptors (Lipinski definition) is 5. The fraction of sp³-hybridized carbons (Fsp3) is 0.190. The van der Waals surface area contributed by atoms with Crippen molar-refractivity contribution >= 4 is 52.5 Å². The summed E-state index contributed by atoms with van der Waals surface area (Å²) in [7, 11) is 3.82. The molecule has 29 heavy (non-hydrogen) atoms. The Balaban J connectivity index is 2.07. The molecule has 0 saturated carbocycles. The largest absolute Gasteiger partial charge is 0.448 e. The second-order valence-electron chi connectivity index (χ2n) is 6.32. The maximum atomic E-state index is 12.3. The van der Waals surface area contributed by atoms with Crippen LogP contribution in [-0.2, 0) is 14.3 Å². The number of carbonyl (C=O) groups excluding carboxylic acids is 2. The van der Waals surface area contributed by atoms with E-state index in [1.807, 2.05) is 31.1 Å². The van der Waals surface area contributed by atoms with Crippen LogP contribution in [0.3, 0.4) is 0 Å². The number of halogens is 2. The number of rotatable bonds is 6. The first-order valence-electron chi connectivity index (χ1n) is 8.57. The van der Waals surface area contributed by atoms with Crippen LogP contribution in [-0.4, -0.2) is 32.1 Å². The third-order valence-electron chi connectivity index (χ3n) is 3.90. The van der Waals surface area contributed by atoms with Crippen molar-refractivity contribution in [1.29, 1.82) is 5.26 Å². The molecule has 8 heteroatoms. The number of nitrogens with zero attached hydrogens (tertiary/aromatic N) is 2. The Morgan fingerprint density at radius 1 is 1.17 bits per heavy atom. The number of anilines is 2. The zero-order valence-electron chi connectivity index (χ0n) is 16.1. The van der Waals surface area contributed by atoms with Gasteiger partial charge in [-0.05, 0) is 48.9 Å². The van der Waals surface area contributed by atoms with Gasteiger partial charge in [0.2, 0.25) is 0 Å². The molecule has 0 saturated heterocycles. The van der Waals surface area contributed by atoms with Gasteiger partial charge in [-0.2, -0.15) is 5.26 Å². The highest BCUT2D eigenvalue weighted by Gasteiger charge is 2.21. The summed E-state index contributed by atoms with van der Waals surface area (Å²) < 4.78 is 5.12. The molecule has 0 aliphatic heterocycles. The van der Waals surface area contributed by atoms with Crippen molar-refractivity contribution in [3.63, 3.8) is 0 Å². The first-order valence-corrected chi connectivity index (χ1v) is 9.33. The summed E-state index contributed by atoms with van der Waals surface area (Å²) in [5.74, 6) is -1.50. The Morgan fingerprint density at radius 3 is 2.41 bits per heavy atom. The minimum atomic E-state index is -1.15. The molecule has 1 atom stereocenters. The number of esters is 1. The smallest absolute Gasteiger partial charge is 0.349 e. The van der Waals surface area contributed by atoms with E-state index in [4.69, 9.17) is 27.9 Å². The Kier molecular flexibility index (Phi) is 7.66. The summed E-state index contributed by atoms with van der Waals surface area (Å²) in [4.78, 5) is 26.5. The normalized spacial score (nSPS) is 11.9. The van der Waals surface area contributed by atoms with Gasteiger partial charge >= 0.3 is 5.97 Å². The second kappa shape index (κ2) is 9.97. The first-order chi connectivity index (χ1) is 13.7. The molecular weight excluding hydrogens is 413 g/mol. The topological polar surface area (TPSA) is 82.4 Å². The lowest BCUT2D eigenvalue weighted by Gasteiger charge is -2.14. The molecule has 2 aromatic carbocycles. The highest BCUT2D eigenvalue weighted by Crippen LogP contribution is 2.25. The van der Waals surface area contributed by atoms with Gasteiger partial charge in [0.15, 0.2) is 6.10 Å². The molecule has 0 heterocycles. The van der Waals surface area contributed by atoms with Crippen LogP contribution in [0.25, 0.3) is 6.08 Å².